The Morgan fingerprint density at radius 3 is 2.35 bits per heavy atom. The van der Waals surface area contributed by atoms with Crippen LogP contribution in [0, 0.1) is 0 Å². The van der Waals surface area contributed by atoms with E-state index in [1.807, 2.05) is 25.1 Å². The molecule has 0 aliphatic carbocycles. The number of benzene rings is 2. The van der Waals surface area contributed by atoms with Crippen molar-refractivity contribution in [2.45, 2.75) is 32.6 Å². The smallest absolute Gasteiger partial charge is 0.306 e. The topological polar surface area (TPSA) is 114 Å². The summed E-state index contributed by atoms with van der Waals surface area (Å²) in [5.74, 6) is -2.04. The molecule has 0 heterocycles. The number of aryl methyl sites for hydroxylation is 1. The van der Waals surface area contributed by atoms with Crippen LogP contribution < -0.4 is 16.2 Å². The largest absolute Gasteiger partial charge is 0.456 e. The standard InChI is InChI=1S/C22H24ClN3O5/c1-2-15-8-3-6-11-18(15)24-20(28)14-31-21(29)13-7-12-19(27)25-26-22(30)16-9-4-5-10-17(16)23/h3-6,8-11H,2,7,12-14H2,1H3,(H,24,28)(H,25,27)(H,26,30). The molecule has 0 spiro atoms. The first-order valence-corrected chi connectivity index (χ1v) is 10.2. The zero-order valence-corrected chi connectivity index (χ0v) is 17.8. The van der Waals surface area contributed by atoms with E-state index in [-0.39, 0.29) is 29.8 Å². The maximum Gasteiger partial charge on any atom is 0.306 e. The fourth-order valence-electron chi connectivity index (χ4n) is 2.65. The molecule has 2 aromatic carbocycles. The highest BCUT2D eigenvalue weighted by Gasteiger charge is 2.12. The second kappa shape index (κ2) is 12.3. The second-order valence-corrected chi connectivity index (χ2v) is 6.96. The summed E-state index contributed by atoms with van der Waals surface area (Å²) in [5, 5.41) is 2.97. The highest BCUT2D eigenvalue weighted by molar-refractivity contribution is 6.33. The van der Waals surface area contributed by atoms with Gasteiger partial charge in [0.1, 0.15) is 0 Å². The van der Waals surface area contributed by atoms with Crippen LogP contribution in [0.4, 0.5) is 5.69 Å². The van der Waals surface area contributed by atoms with Crippen molar-refractivity contribution in [2.24, 2.45) is 0 Å². The van der Waals surface area contributed by atoms with Gasteiger partial charge in [-0.05, 0) is 36.6 Å². The lowest BCUT2D eigenvalue weighted by atomic mass is 10.1. The van der Waals surface area contributed by atoms with E-state index < -0.39 is 30.3 Å². The van der Waals surface area contributed by atoms with Crippen LogP contribution in [-0.4, -0.2) is 30.3 Å². The van der Waals surface area contributed by atoms with Gasteiger partial charge in [-0.25, -0.2) is 0 Å². The fourth-order valence-corrected chi connectivity index (χ4v) is 2.87. The highest BCUT2D eigenvalue weighted by Crippen LogP contribution is 2.15. The molecule has 164 valence electrons. The summed E-state index contributed by atoms with van der Waals surface area (Å²) in [6, 6.07) is 13.8. The number of ether oxygens (including phenoxy) is 1. The summed E-state index contributed by atoms with van der Waals surface area (Å²) in [5.41, 5.74) is 6.41. The number of carbonyl (C=O) groups is 4. The van der Waals surface area contributed by atoms with Gasteiger partial charge in [0.05, 0.1) is 10.6 Å². The van der Waals surface area contributed by atoms with Crippen molar-refractivity contribution in [3.8, 4) is 0 Å². The lowest BCUT2D eigenvalue weighted by Crippen LogP contribution is -2.41. The number of para-hydroxylation sites is 1. The third-order valence-corrected chi connectivity index (χ3v) is 4.58. The minimum atomic E-state index is -0.591. The van der Waals surface area contributed by atoms with Gasteiger partial charge in [-0.15, -0.1) is 0 Å². The molecule has 0 atom stereocenters. The molecule has 3 N–H and O–H groups in total. The molecule has 0 bridgehead atoms. The van der Waals surface area contributed by atoms with Crippen molar-refractivity contribution in [3.63, 3.8) is 0 Å². The summed E-state index contributed by atoms with van der Waals surface area (Å²) in [7, 11) is 0. The van der Waals surface area contributed by atoms with E-state index >= 15 is 0 Å². The molecule has 0 radical (unpaired) electrons. The summed E-state index contributed by atoms with van der Waals surface area (Å²) in [6.07, 6.45) is 0.919. The van der Waals surface area contributed by atoms with E-state index in [2.05, 4.69) is 16.2 Å². The van der Waals surface area contributed by atoms with Crippen LogP contribution in [0.2, 0.25) is 5.02 Å². The number of hydrazine groups is 1. The number of nitrogens with one attached hydrogen (secondary N) is 3. The number of esters is 1. The predicted octanol–water partition coefficient (Wildman–Crippen LogP) is 3.02. The summed E-state index contributed by atoms with van der Waals surface area (Å²) in [4.78, 5) is 47.5. The van der Waals surface area contributed by atoms with Crippen molar-refractivity contribution < 1.29 is 23.9 Å². The van der Waals surface area contributed by atoms with E-state index in [9.17, 15) is 19.2 Å². The molecule has 31 heavy (non-hydrogen) atoms. The predicted molar refractivity (Wildman–Crippen MR) is 116 cm³/mol. The van der Waals surface area contributed by atoms with Crippen molar-refractivity contribution in [2.75, 3.05) is 11.9 Å². The Balaban J connectivity index is 1.63. The maximum atomic E-state index is 12.0. The maximum absolute atomic E-state index is 12.0. The second-order valence-electron chi connectivity index (χ2n) is 6.56. The Hall–Kier alpha value is -3.39. The molecule has 2 aromatic rings. The highest BCUT2D eigenvalue weighted by atomic mass is 35.5. The van der Waals surface area contributed by atoms with E-state index in [4.69, 9.17) is 16.3 Å². The molecular weight excluding hydrogens is 422 g/mol. The average molecular weight is 446 g/mol. The third-order valence-electron chi connectivity index (χ3n) is 4.26. The van der Waals surface area contributed by atoms with Crippen LogP contribution in [0.5, 0.6) is 0 Å². The number of anilines is 1. The molecule has 0 saturated heterocycles. The minimum Gasteiger partial charge on any atom is -0.456 e. The number of hydrogen-bond donors (Lipinski definition) is 3. The Kier molecular flexibility index (Phi) is 9.51. The van der Waals surface area contributed by atoms with Crippen molar-refractivity contribution in [1.82, 2.24) is 10.9 Å². The zero-order valence-electron chi connectivity index (χ0n) is 17.1. The van der Waals surface area contributed by atoms with Crippen LogP contribution in [0.15, 0.2) is 48.5 Å². The molecule has 0 fully saturated rings. The monoisotopic (exact) mass is 445 g/mol. The first kappa shape index (κ1) is 23.9. The van der Waals surface area contributed by atoms with Crippen LogP contribution in [0.3, 0.4) is 0 Å². The summed E-state index contributed by atoms with van der Waals surface area (Å²) >= 11 is 5.91. The van der Waals surface area contributed by atoms with Gasteiger partial charge in [-0.2, -0.15) is 0 Å². The van der Waals surface area contributed by atoms with Crippen LogP contribution in [0.25, 0.3) is 0 Å². The number of hydrogen-bond acceptors (Lipinski definition) is 5. The van der Waals surface area contributed by atoms with E-state index in [0.717, 1.165) is 12.0 Å². The van der Waals surface area contributed by atoms with Gasteiger partial charge in [-0.3, -0.25) is 30.0 Å². The van der Waals surface area contributed by atoms with Crippen molar-refractivity contribution in [3.05, 3.63) is 64.7 Å². The number of amides is 3. The molecule has 0 aromatic heterocycles. The Labute approximate surface area is 185 Å². The zero-order chi connectivity index (χ0) is 22.6. The Morgan fingerprint density at radius 1 is 0.903 bits per heavy atom. The number of carbonyl (C=O) groups excluding carboxylic acids is 4. The molecule has 0 aliphatic heterocycles. The van der Waals surface area contributed by atoms with Gasteiger partial charge in [-0.1, -0.05) is 48.9 Å². The number of rotatable bonds is 9. The molecular formula is C22H24ClN3O5. The Bertz CT molecular complexity index is 948. The van der Waals surface area contributed by atoms with Gasteiger partial charge >= 0.3 is 5.97 Å². The molecule has 3 amide bonds. The van der Waals surface area contributed by atoms with Gasteiger partial charge < -0.3 is 10.1 Å². The average Bonchev–Trinajstić information content (AvgIpc) is 2.76. The van der Waals surface area contributed by atoms with Gasteiger partial charge in [0, 0.05) is 18.5 Å². The minimum absolute atomic E-state index is 0.00598. The molecule has 9 heteroatoms. The van der Waals surface area contributed by atoms with Crippen LogP contribution in [0.1, 0.15) is 42.1 Å². The molecule has 0 saturated carbocycles. The van der Waals surface area contributed by atoms with Crippen molar-refractivity contribution >= 4 is 41.0 Å². The molecule has 0 aliphatic rings. The first-order valence-electron chi connectivity index (χ1n) is 9.77. The molecule has 8 nitrogen and oxygen atoms in total. The lowest BCUT2D eigenvalue weighted by molar-refractivity contribution is -0.147. The fraction of sp³-hybridized carbons (Fsp3) is 0.273. The lowest BCUT2D eigenvalue weighted by Gasteiger charge is -2.10. The Morgan fingerprint density at radius 2 is 1.61 bits per heavy atom. The van der Waals surface area contributed by atoms with Gasteiger partial charge in [0.25, 0.3) is 11.8 Å². The van der Waals surface area contributed by atoms with Gasteiger partial charge in [0.15, 0.2) is 6.61 Å². The summed E-state index contributed by atoms with van der Waals surface area (Å²) < 4.78 is 4.93. The van der Waals surface area contributed by atoms with Crippen LogP contribution >= 0.6 is 11.6 Å². The van der Waals surface area contributed by atoms with E-state index in [1.165, 1.54) is 6.07 Å². The molecule has 2 rings (SSSR count). The first-order chi connectivity index (χ1) is 14.9. The molecule has 0 unspecified atom stereocenters. The van der Waals surface area contributed by atoms with Crippen LogP contribution in [-0.2, 0) is 25.5 Å². The quantitative estimate of drug-likeness (QED) is 0.405. The normalized spacial score (nSPS) is 10.1. The van der Waals surface area contributed by atoms with Gasteiger partial charge in [0.2, 0.25) is 5.91 Å². The SMILES string of the molecule is CCc1ccccc1NC(=O)COC(=O)CCCC(=O)NNC(=O)c1ccccc1Cl. The van der Waals surface area contributed by atoms with E-state index in [1.54, 1.807) is 24.3 Å². The third kappa shape index (κ3) is 8.10. The van der Waals surface area contributed by atoms with Crippen molar-refractivity contribution in [1.29, 1.82) is 0 Å². The number of halogens is 1. The van der Waals surface area contributed by atoms with E-state index in [0.29, 0.717) is 5.69 Å². The summed E-state index contributed by atoms with van der Waals surface area (Å²) in [6.45, 7) is 1.57.